The average Bonchev–Trinajstić information content (AvgIpc) is 2.24. The van der Waals surface area contributed by atoms with Crippen LogP contribution in [0.25, 0.3) is 0 Å². The van der Waals surface area contributed by atoms with Crippen molar-refractivity contribution in [1.82, 2.24) is 10.2 Å². The van der Waals surface area contributed by atoms with Crippen LogP contribution in [0.2, 0.25) is 0 Å². The summed E-state index contributed by atoms with van der Waals surface area (Å²) >= 11 is 0. The molecular weight excluding hydrogens is 194 g/mol. The van der Waals surface area contributed by atoms with Gasteiger partial charge in [-0.15, -0.1) is 0 Å². The number of carbonyl (C=O) groups excluding carboxylic acids is 2. The second kappa shape index (κ2) is 7.23. The molecular formula is C10H21N3O2. The maximum Gasteiger partial charge on any atom is 0.239 e. The van der Waals surface area contributed by atoms with Crippen LogP contribution in [0, 0.1) is 0 Å². The quantitative estimate of drug-likeness (QED) is 0.639. The molecule has 15 heavy (non-hydrogen) atoms. The molecule has 0 saturated heterocycles. The minimum absolute atomic E-state index is 0.0866. The van der Waals surface area contributed by atoms with Crippen molar-refractivity contribution in [2.75, 3.05) is 20.1 Å². The van der Waals surface area contributed by atoms with E-state index in [2.05, 4.69) is 5.32 Å². The van der Waals surface area contributed by atoms with Crippen molar-refractivity contribution in [1.29, 1.82) is 0 Å². The molecule has 0 aliphatic rings. The Hall–Kier alpha value is -1.10. The molecule has 3 N–H and O–H groups in total. The minimum atomic E-state index is -0.486. The van der Waals surface area contributed by atoms with E-state index in [4.69, 9.17) is 5.73 Å². The molecule has 0 heterocycles. The molecule has 0 aliphatic carbocycles. The summed E-state index contributed by atoms with van der Waals surface area (Å²) in [5.41, 5.74) is 5.70. The second-order valence-corrected chi connectivity index (χ2v) is 3.42. The van der Waals surface area contributed by atoms with E-state index in [1.807, 2.05) is 13.8 Å². The molecule has 0 bridgehead atoms. The van der Waals surface area contributed by atoms with Crippen LogP contribution < -0.4 is 11.1 Å². The molecule has 0 radical (unpaired) electrons. The lowest BCUT2D eigenvalue weighted by Gasteiger charge is -2.23. The molecule has 0 aromatic heterocycles. The van der Waals surface area contributed by atoms with Gasteiger partial charge in [-0.05, 0) is 13.3 Å². The van der Waals surface area contributed by atoms with Crippen LogP contribution in [0.5, 0.6) is 0 Å². The summed E-state index contributed by atoms with van der Waals surface area (Å²) in [4.78, 5) is 24.3. The summed E-state index contributed by atoms with van der Waals surface area (Å²) in [6, 6.07) is -0.486. The van der Waals surface area contributed by atoms with E-state index in [0.717, 1.165) is 6.42 Å². The number of hydrogen-bond donors (Lipinski definition) is 2. The van der Waals surface area contributed by atoms with Gasteiger partial charge in [0.25, 0.3) is 0 Å². The van der Waals surface area contributed by atoms with Gasteiger partial charge in [0.2, 0.25) is 11.8 Å². The van der Waals surface area contributed by atoms with Crippen LogP contribution in [0.15, 0.2) is 0 Å². The first-order valence-electron chi connectivity index (χ1n) is 5.31. The highest BCUT2D eigenvalue weighted by atomic mass is 16.2. The zero-order valence-corrected chi connectivity index (χ0v) is 9.75. The summed E-state index contributed by atoms with van der Waals surface area (Å²) in [7, 11) is 1.55. The molecule has 0 spiro atoms. The highest BCUT2D eigenvalue weighted by Crippen LogP contribution is 1.99. The first-order chi connectivity index (χ1) is 7.06. The Balaban J connectivity index is 4.27. The maximum absolute atomic E-state index is 11.7. The SMILES string of the molecule is CCCC(N)C(=O)N(CC)CC(=O)NC. The van der Waals surface area contributed by atoms with E-state index >= 15 is 0 Å². The van der Waals surface area contributed by atoms with Gasteiger partial charge in [0.15, 0.2) is 0 Å². The number of carbonyl (C=O) groups is 2. The standard InChI is InChI=1S/C10H21N3O2/c1-4-6-8(11)10(15)13(5-2)7-9(14)12-3/h8H,4-7,11H2,1-3H3,(H,12,14). The van der Waals surface area contributed by atoms with Gasteiger partial charge in [0, 0.05) is 13.6 Å². The number of likely N-dealkylation sites (N-methyl/N-ethyl adjacent to an activating group) is 2. The van der Waals surface area contributed by atoms with Crippen molar-refractivity contribution >= 4 is 11.8 Å². The third kappa shape index (κ3) is 4.78. The van der Waals surface area contributed by atoms with Crippen LogP contribution in [0.1, 0.15) is 26.7 Å². The van der Waals surface area contributed by atoms with Crippen molar-refractivity contribution in [2.24, 2.45) is 5.73 Å². The minimum Gasteiger partial charge on any atom is -0.358 e. The van der Waals surface area contributed by atoms with Gasteiger partial charge in [-0.25, -0.2) is 0 Å². The van der Waals surface area contributed by atoms with E-state index in [-0.39, 0.29) is 18.4 Å². The number of nitrogens with two attached hydrogens (primary N) is 1. The average molecular weight is 215 g/mol. The number of amides is 2. The fourth-order valence-corrected chi connectivity index (χ4v) is 1.27. The third-order valence-corrected chi connectivity index (χ3v) is 2.22. The van der Waals surface area contributed by atoms with Crippen LogP contribution in [0.4, 0.5) is 0 Å². The fraction of sp³-hybridized carbons (Fsp3) is 0.800. The maximum atomic E-state index is 11.7. The monoisotopic (exact) mass is 215 g/mol. The lowest BCUT2D eigenvalue weighted by atomic mass is 10.1. The van der Waals surface area contributed by atoms with Gasteiger partial charge in [-0.3, -0.25) is 9.59 Å². The topological polar surface area (TPSA) is 75.4 Å². The molecule has 0 aromatic carbocycles. The van der Waals surface area contributed by atoms with Gasteiger partial charge >= 0.3 is 0 Å². The van der Waals surface area contributed by atoms with Crippen molar-refractivity contribution in [3.8, 4) is 0 Å². The number of hydrogen-bond acceptors (Lipinski definition) is 3. The third-order valence-electron chi connectivity index (χ3n) is 2.22. The summed E-state index contributed by atoms with van der Waals surface area (Å²) in [6.45, 7) is 4.40. The molecule has 0 rings (SSSR count). The lowest BCUT2D eigenvalue weighted by molar-refractivity contribution is -0.136. The summed E-state index contributed by atoms with van der Waals surface area (Å²) in [5.74, 6) is -0.322. The molecule has 5 heteroatoms. The first-order valence-corrected chi connectivity index (χ1v) is 5.31. The van der Waals surface area contributed by atoms with Crippen LogP contribution >= 0.6 is 0 Å². The van der Waals surface area contributed by atoms with E-state index < -0.39 is 6.04 Å². The second-order valence-electron chi connectivity index (χ2n) is 3.42. The van der Waals surface area contributed by atoms with E-state index in [0.29, 0.717) is 13.0 Å². The van der Waals surface area contributed by atoms with Crippen LogP contribution in [-0.2, 0) is 9.59 Å². The molecule has 2 amide bonds. The molecule has 1 atom stereocenters. The van der Waals surface area contributed by atoms with Gasteiger partial charge in [0.05, 0.1) is 12.6 Å². The van der Waals surface area contributed by atoms with Crippen molar-refractivity contribution in [3.63, 3.8) is 0 Å². The predicted octanol–water partition coefficient (Wildman–Crippen LogP) is -0.292. The Bertz CT molecular complexity index is 219. The number of nitrogens with one attached hydrogen (secondary N) is 1. The molecule has 5 nitrogen and oxygen atoms in total. The molecule has 88 valence electrons. The molecule has 1 unspecified atom stereocenters. The van der Waals surface area contributed by atoms with Crippen LogP contribution in [0.3, 0.4) is 0 Å². The van der Waals surface area contributed by atoms with Gasteiger partial charge < -0.3 is 16.0 Å². The van der Waals surface area contributed by atoms with Gasteiger partial charge in [-0.1, -0.05) is 13.3 Å². The number of rotatable bonds is 6. The highest BCUT2D eigenvalue weighted by Gasteiger charge is 2.20. The summed E-state index contributed by atoms with van der Waals surface area (Å²) < 4.78 is 0. The Morgan fingerprint density at radius 1 is 1.40 bits per heavy atom. The molecule has 0 aliphatic heterocycles. The van der Waals surface area contributed by atoms with E-state index in [1.165, 1.54) is 4.90 Å². The van der Waals surface area contributed by atoms with Crippen molar-refractivity contribution in [3.05, 3.63) is 0 Å². The van der Waals surface area contributed by atoms with Gasteiger partial charge in [0.1, 0.15) is 0 Å². The van der Waals surface area contributed by atoms with E-state index in [9.17, 15) is 9.59 Å². The largest absolute Gasteiger partial charge is 0.358 e. The van der Waals surface area contributed by atoms with Crippen molar-refractivity contribution in [2.45, 2.75) is 32.7 Å². The van der Waals surface area contributed by atoms with Crippen LogP contribution in [-0.4, -0.2) is 42.9 Å². The zero-order valence-electron chi connectivity index (χ0n) is 9.75. The predicted molar refractivity (Wildman–Crippen MR) is 59.2 cm³/mol. The Morgan fingerprint density at radius 3 is 2.40 bits per heavy atom. The Morgan fingerprint density at radius 2 is 2.00 bits per heavy atom. The van der Waals surface area contributed by atoms with E-state index in [1.54, 1.807) is 7.05 Å². The summed E-state index contributed by atoms with van der Waals surface area (Å²) in [5, 5.41) is 2.48. The van der Waals surface area contributed by atoms with Crippen molar-refractivity contribution < 1.29 is 9.59 Å². The lowest BCUT2D eigenvalue weighted by Crippen LogP contribution is -2.47. The van der Waals surface area contributed by atoms with Gasteiger partial charge in [-0.2, -0.15) is 0 Å². The summed E-state index contributed by atoms with van der Waals surface area (Å²) in [6.07, 6.45) is 1.52. The normalized spacial score (nSPS) is 12.0. The Kier molecular flexibility index (Phi) is 6.70. The molecule has 0 fully saturated rings. The fourth-order valence-electron chi connectivity index (χ4n) is 1.27. The smallest absolute Gasteiger partial charge is 0.239 e. The first kappa shape index (κ1) is 13.9. The Labute approximate surface area is 91.0 Å². The molecule has 0 saturated carbocycles. The molecule has 0 aromatic rings. The zero-order chi connectivity index (χ0) is 11.8. The number of nitrogens with zero attached hydrogens (tertiary/aromatic N) is 1. The highest BCUT2D eigenvalue weighted by molar-refractivity contribution is 5.87.